The Balaban J connectivity index is 1.80. The van der Waals surface area contributed by atoms with Crippen LogP contribution >= 0.6 is 11.6 Å². The van der Waals surface area contributed by atoms with Gasteiger partial charge in [0.05, 0.1) is 22.5 Å². The van der Waals surface area contributed by atoms with Crippen LogP contribution in [0.2, 0.25) is 5.02 Å². The number of carbonyl (C=O) groups excluding carboxylic acids is 1. The summed E-state index contributed by atoms with van der Waals surface area (Å²) in [5.41, 5.74) is 2.04. The van der Waals surface area contributed by atoms with E-state index in [9.17, 15) is 4.79 Å². The van der Waals surface area contributed by atoms with E-state index in [0.29, 0.717) is 5.02 Å². The standard InChI is InChI=1S/C19H20ClN3O/c1-12(17-22-15-9-4-5-10-16(15)23-17)21-18(24)19(2,3)13-7-6-8-14(20)11-13/h4-12H,1-3H3,(H,21,24)(H,22,23). The molecule has 5 heteroatoms. The largest absolute Gasteiger partial charge is 0.346 e. The molecule has 0 saturated heterocycles. The minimum absolute atomic E-state index is 0.0716. The molecule has 0 aliphatic heterocycles. The first-order chi connectivity index (χ1) is 11.4. The zero-order valence-corrected chi connectivity index (χ0v) is 14.7. The number of amides is 1. The maximum Gasteiger partial charge on any atom is 0.230 e. The Morgan fingerprint density at radius 3 is 2.67 bits per heavy atom. The summed E-state index contributed by atoms with van der Waals surface area (Å²) in [6.45, 7) is 5.70. The molecule has 3 aromatic rings. The van der Waals surface area contributed by atoms with Crippen LogP contribution in [0.5, 0.6) is 0 Å². The molecule has 0 fully saturated rings. The van der Waals surface area contributed by atoms with E-state index in [1.54, 1.807) is 6.07 Å². The summed E-state index contributed by atoms with van der Waals surface area (Å²) < 4.78 is 0. The Labute approximate surface area is 146 Å². The lowest BCUT2D eigenvalue weighted by Crippen LogP contribution is -2.41. The van der Waals surface area contributed by atoms with Gasteiger partial charge in [0, 0.05) is 5.02 Å². The normalized spacial score (nSPS) is 13.0. The fourth-order valence-corrected chi connectivity index (χ4v) is 2.82. The van der Waals surface area contributed by atoms with Gasteiger partial charge in [-0.25, -0.2) is 4.98 Å². The second-order valence-corrected chi connectivity index (χ2v) is 6.91. The van der Waals surface area contributed by atoms with Crippen LogP contribution in [0, 0.1) is 0 Å². The Hall–Kier alpha value is -2.33. The topological polar surface area (TPSA) is 57.8 Å². The summed E-state index contributed by atoms with van der Waals surface area (Å²) in [5, 5.41) is 3.66. The van der Waals surface area contributed by atoms with Crippen molar-refractivity contribution in [2.24, 2.45) is 0 Å². The average molecular weight is 342 g/mol. The first kappa shape index (κ1) is 16.5. The van der Waals surface area contributed by atoms with Crippen molar-refractivity contribution in [1.29, 1.82) is 0 Å². The molecule has 0 bridgehead atoms. The highest BCUT2D eigenvalue weighted by Gasteiger charge is 2.31. The molecule has 0 saturated carbocycles. The third-order valence-corrected chi connectivity index (χ3v) is 4.51. The number of carbonyl (C=O) groups is 1. The first-order valence-corrected chi connectivity index (χ1v) is 8.27. The number of para-hydroxylation sites is 2. The lowest BCUT2D eigenvalue weighted by molar-refractivity contribution is -0.126. The van der Waals surface area contributed by atoms with Crippen molar-refractivity contribution >= 4 is 28.5 Å². The van der Waals surface area contributed by atoms with Gasteiger partial charge < -0.3 is 10.3 Å². The number of hydrogen-bond donors (Lipinski definition) is 2. The summed E-state index contributed by atoms with van der Waals surface area (Å²) in [5.74, 6) is 0.671. The molecule has 124 valence electrons. The van der Waals surface area contributed by atoms with E-state index >= 15 is 0 Å². The van der Waals surface area contributed by atoms with Crippen LogP contribution in [0.4, 0.5) is 0 Å². The van der Waals surface area contributed by atoms with Crippen molar-refractivity contribution in [2.75, 3.05) is 0 Å². The van der Waals surface area contributed by atoms with E-state index < -0.39 is 5.41 Å². The van der Waals surface area contributed by atoms with Gasteiger partial charge in [-0.2, -0.15) is 0 Å². The van der Waals surface area contributed by atoms with Crippen molar-refractivity contribution in [3.63, 3.8) is 0 Å². The van der Waals surface area contributed by atoms with Gasteiger partial charge in [0.25, 0.3) is 0 Å². The molecular formula is C19H20ClN3O. The van der Waals surface area contributed by atoms with E-state index in [1.165, 1.54) is 0 Å². The first-order valence-electron chi connectivity index (χ1n) is 7.89. The molecule has 1 heterocycles. The highest BCUT2D eigenvalue weighted by Crippen LogP contribution is 2.27. The molecule has 4 nitrogen and oxygen atoms in total. The van der Waals surface area contributed by atoms with Gasteiger partial charge in [-0.1, -0.05) is 35.9 Å². The van der Waals surface area contributed by atoms with Crippen molar-refractivity contribution < 1.29 is 4.79 Å². The number of fused-ring (bicyclic) bond motifs is 1. The monoisotopic (exact) mass is 341 g/mol. The van der Waals surface area contributed by atoms with E-state index in [-0.39, 0.29) is 11.9 Å². The number of hydrogen-bond acceptors (Lipinski definition) is 2. The maximum absolute atomic E-state index is 12.8. The molecule has 1 amide bonds. The number of imidazole rings is 1. The van der Waals surface area contributed by atoms with Crippen molar-refractivity contribution in [3.8, 4) is 0 Å². The molecule has 3 rings (SSSR count). The number of aromatic nitrogens is 2. The lowest BCUT2D eigenvalue weighted by Gasteiger charge is -2.26. The van der Waals surface area contributed by atoms with Crippen LogP contribution in [-0.2, 0) is 10.2 Å². The smallest absolute Gasteiger partial charge is 0.230 e. The van der Waals surface area contributed by atoms with E-state index in [2.05, 4.69) is 15.3 Å². The van der Waals surface area contributed by atoms with Gasteiger partial charge in [0.15, 0.2) is 0 Å². The molecule has 0 aliphatic rings. The number of H-pyrrole nitrogens is 1. The van der Waals surface area contributed by atoms with Gasteiger partial charge in [0.2, 0.25) is 5.91 Å². The zero-order valence-electron chi connectivity index (χ0n) is 13.9. The van der Waals surface area contributed by atoms with E-state index in [1.807, 2.05) is 63.2 Å². The van der Waals surface area contributed by atoms with Crippen LogP contribution in [0.3, 0.4) is 0 Å². The lowest BCUT2D eigenvalue weighted by atomic mass is 9.83. The third kappa shape index (κ3) is 3.15. The predicted octanol–water partition coefficient (Wildman–Crippen LogP) is 4.37. The van der Waals surface area contributed by atoms with Gasteiger partial charge >= 0.3 is 0 Å². The molecule has 1 unspecified atom stereocenters. The fourth-order valence-electron chi connectivity index (χ4n) is 2.63. The van der Waals surface area contributed by atoms with Gasteiger partial charge in [-0.15, -0.1) is 0 Å². The number of nitrogens with zero attached hydrogens (tertiary/aromatic N) is 1. The van der Waals surface area contributed by atoms with Crippen molar-refractivity contribution in [3.05, 3.63) is 64.9 Å². The number of halogens is 1. The minimum atomic E-state index is -0.689. The summed E-state index contributed by atoms with van der Waals surface area (Å²) in [6.07, 6.45) is 0. The quantitative estimate of drug-likeness (QED) is 0.740. The zero-order chi connectivity index (χ0) is 17.3. The molecular weight excluding hydrogens is 322 g/mol. The van der Waals surface area contributed by atoms with Crippen LogP contribution in [-0.4, -0.2) is 15.9 Å². The summed E-state index contributed by atoms with van der Waals surface area (Å²) in [4.78, 5) is 20.6. The molecule has 0 spiro atoms. The van der Waals surface area contributed by atoms with Crippen LogP contribution in [0.15, 0.2) is 48.5 Å². The highest BCUT2D eigenvalue weighted by atomic mass is 35.5. The predicted molar refractivity (Wildman–Crippen MR) is 97.1 cm³/mol. The van der Waals surface area contributed by atoms with E-state index in [0.717, 1.165) is 22.4 Å². The van der Waals surface area contributed by atoms with Gasteiger partial charge in [-0.3, -0.25) is 4.79 Å². The summed E-state index contributed by atoms with van der Waals surface area (Å²) in [7, 11) is 0. The number of benzene rings is 2. The SMILES string of the molecule is CC(NC(=O)C(C)(C)c1cccc(Cl)c1)c1nc2ccccc2[nH]1. The molecule has 24 heavy (non-hydrogen) atoms. The van der Waals surface area contributed by atoms with Gasteiger partial charge in [0.1, 0.15) is 5.82 Å². The van der Waals surface area contributed by atoms with Crippen LogP contribution < -0.4 is 5.32 Å². The Bertz CT molecular complexity index is 852. The summed E-state index contributed by atoms with van der Waals surface area (Å²) >= 11 is 6.06. The Morgan fingerprint density at radius 2 is 1.96 bits per heavy atom. The minimum Gasteiger partial charge on any atom is -0.346 e. The number of rotatable bonds is 4. The third-order valence-electron chi connectivity index (χ3n) is 4.28. The van der Waals surface area contributed by atoms with Gasteiger partial charge in [-0.05, 0) is 50.6 Å². The van der Waals surface area contributed by atoms with Crippen molar-refractivity contribution in [1.82, 2.24) is 15.3 Å². The molecule has 2 aromatic carbocycles. The Kier molecular flexibility index (Phi) is 4.33. The second kappa shape index (κ2) is 6.29. The summed E-state index contributed by atoms with van der Waals surface area (Å²) in [6, 6.07) is 15.0. The maximum atomic E-state index is 12.8. The molecule has 1 atom stereocenters. The average Bonchev–Trinajstić information content (AvgIpc) is 2.99. The Morgan fingerprint density at radius 1 is 1.21 bits per heavy atom. The van der Waals surface area contributed by atoms with Crippen LogP contribution in [0.25, 0.3) is 11.0 Å². The number of nitrogens with one attached hydrogen (secondary N) is 2. The molecule has 0 radical (unpaired) electrons. The molecule has 0 aliphatic carbocycles. The van der Waals surface area contributed by atoms with E-state index in [4.69, 9.17) is 11.6 Å². The fraction of sp³-hybridized carbons (Fsp3) is 0.263. The van der Waals surface area contributed by atoms with Crippen LogP contribution in [0.1, 0.15) is 38.2 Å². The van der Waals surface area contributed by atoms with Crippen molar-refractivity contribution in [2.45, 2.75) is 32.2 Å². The molecule has 1 aromatic heterocycles. The highest BCUT2D eigenvalue weighted by molar-refractivity contribution is 6.30. The molecule has 2 N–H and O–H groups in total. The second-order valence-electron chi connectivity index (χ2n) is 6.47. The number of aromatic amines is 1.